The van der Waals surface area contributed by atoms with E-state index in [1.54, 1.807) is 11.8 Å². The number of carbonyl (C=O) groups excluding carboxylic acids is 2. The molecule has 0 radical (unpaired) electrons. The van der Waals surface area contributed by atoms with Gasteiger partial charge in [-0.1, -0.05) is 37.5 Å². The molecule has 2 rings (SSSR count). The lowest BCUT2D eigenvalue weighted by molar-refractivity contribution is -0.148. The Kier molecular flexibility index (Phi) is 7.63. The van der Waals surface area contributed by atoms with Crippen LogP contribution in [0.15, 0.2) is 29.2 Å². The van der Waals surface area contributed by atoms with Crippen LogP contribution in [0.4, 0.5) is 0 Å². The van der Waals surface area contributed by atoms with Crippen molar-refractivity contribution in [3.63, 3.8) is 0 Å². The molecule has 1 aromatic carbocycles. The summed E-state index contributed by atoms with van der Waals surface area (Å²) in [6, 6.07) is 8.42. The monoisotopic (exact) mass is 349 g/mol. The van der Waals surface area contributed by atoms with Gasteiger partial charge in [0.1, 0.15) is 0 Å². The molecule has 0 aromatic heterocycles. The maximum absolute atomic E-state index is 11.9. The number of esters is 1. The maximum atomic E-state index is 11.9. The van der Waals surface area contributed by atoms with E-state index in [0.29, 0.717) is 18.1 Å². The van der Waals surface area contributed by atoms with Crippen LogP contribution in [-0.2, 0) is 14.3 Å². The molecule has 1 aromatic rings. The first-order valence-corrected chi connectivity index (χ1v) is 9.67. The van der Waals surface area contributed by atoms with Gasteiger partial charge >= 0.3 is 5.97 Å². The van der Waals surface area contributed by atoms with Crippen molar-refractivity contribution in [2.75, 3.05) is 12.4 Å². The van der Waals surface area contributed by atoms with Gasteiger partial charge in [-0.15, -0.1) is 11.8 Å². The fraction of sp³-hybridized carbons (Fsp3) is 0.579. The third-order valence-corrected chi connectivity index (χ3v) is 5.43. The smallest absolute Gasteiger partial charge is 0.307 e. The number of benzene rings is 1. The SMILES string of the molecule is Cc1ccc(SCCC(=O)OCC(=O)N[C@@H]2CCCC[C@@H]2C)cc1. The maximum Gasteiger partial charge on any atom is 0.307 e. The van der Waals surface area contributed by atoms with E-state index in [1.165, 1.54) is 12.0 Å². The van der Waals surface area contributed by atoms with Gasteiger partial charge in [0.25, 0.3) is 5.91 Å². The van der Waals surface area contributed by atoms with Gasteiger partial charge in [-0.05, 0) is 37.8 Å². The minimum Gasteiger partial charge on any atom is -0.456 e. The number of ether oxygens (including phenoxy) is 1. The highest BCUT2D eigenvalue weighted by Crippen LogP contribution is 2.23. The van der Waals surface area contributed by atoms with Crippen molar-refractivity contribution in [3.8, 4) is 0 Å². The Bertz CT molecular complexity index is 544. The van der Waals surface area contributed by atoms with Gasteiger partial charge in [0.05, 0.1) is 6.42 Å². The van der Waals surface area contributed by atoms with Gasteiger partial charge < -0.3 is 10.1 Å². The van der Waals surface area contributed by atoms with Gasteiger partial charge in [-0.3, -0.25) is 9.59 Å². The van der Waals surface area contributed by atoms with Gasteiger partial charge in [0.15, 0.2) is 6.61 Å². The van der Waals surface area contributed by atoms with E-state index < -0.39 is 0 Å². The second-order valence-corrected chi connectivity index (χ2v) is 7.68. The minimum absolute atomic E-state index is 0.169. The zero-order chi connectivity index (χ0) is 17.4. The molecular formula is C19H27NO3S. The zero-order valence-electron chi connectivity index (χ0n) is 14.5. The van der Waals surface area contributed by atoms with Crippen LogP contribution in [0, 0.1) is 12.8 Å². The molecular weight excluding hydrogens is 322 g/mol. The van der Waals surface area contributed by atoms with Crippen LogP contribution < -0.4 is 5.32 Å². The number of carbonyl (C=O) groups is 2. The Balaban J connectivity index is 1.60. The van der Waals surface area contributed by atoms with Gasteiger partial charge in [-0.2, -0.15) is 0 Å². The van der Waals surface area contributed by atoms with Crippen LogP contribution in [0.25, 0.3) is 0 Å². The van der Waals surface area contributed by atoms with E-state index in [0.717, 1.165) is 24.2 Å². The minimum atomic E-state index is -0.318. The number of rotatable bonds is 7. The molecule has 1 N–H and O–H groups in total. The Morgan fingerprint density at radius 3 is 2.62 bits per heavy atom. The van der Waals surface area contributed by atoms with Crippen LogP contribution in [0.5, 0.6) is 0 Å². The summed E-state index contributed by atoms with van der Waals surface area (Å²) in [5.41, 5.74) is 1.22. The van der Waals surface area contributed by atoms with E-state index in [9.17, 15) is 9.59 Å². The molecule has 24 heavy (non-hydrogen) atoms. The average molecular weight is 349 g/mol. The molecule has 0 aliphatic heterocycles. The number of amides is 1. The van der Waals surface area contributed by atoms with Gasteiger partial charge in [0.2, 0.25) is 0 Å². The van der Waals surface area contributed by atoms with Crippen molar-refractivity contribution in [1.82, 2.24) is 5.32 Å². The second-order valence-electron chi connectivity index (χ2n) is 6.51. The lowest BCUT2D eigenvalue weighted by Crippen LogP contribution is -2.42. The van der Waals surface area contributed by atoms with Gasteiger partial charge in [0, 0.05) is 16.7 Å². The Hall–Kier alpha value is -1.49. The summed E-state index contributed by atoms with van der Waals surface area (Å²) in [6.45, 7) is 4.04. The first kappa shape index (κ1) is 18.8. The molecule has 1 aliphatic carbocycles. The first-order chi connectivity index (χ1) is 11.5. The highest BCUT2D eigenvalue weighted by molar-refractivity contribution is 7.99. The molecule has 1 fully saturated rings. The Labute approximate surface area is 148 Å². The molecule has 1 saturated carbocycles. The zero-order valence-corrected chi connectivity index (χ0v) is 15.4. The van der Waals surface area contributed by atoms with Crippen molar-refractivity contribution in [2.45, 2.75) is 56.9 Å². The summed E-state index contributed by atoms with van der Waals surface area (Å²) in [6.07, 6.45) is 4.88. The third-order valence-electron chi connectivity index (χ3n) is 4.42. The van der Waals surface area contributed by atoms with Crippen LogP contribution >= 0.6 is 11.8 Å². The van der Waals surface area contributed by atoms with Crippen molar-refractivity contribution in [2.24, 2.45) is 5.92 Å². The predicted octanol–water partition coefficient (Wildman–Crippen LogP) is 3.72. The van der Waals surface area contributed by atoms with Crippen molar-refractivity contribution in [3.05, 3.63) is 29.8 Å². The topological polar surface area (TPSA) is 55.4 Å². The lowest BCUT2D eigenvalue weighted by atomic mass is 9.86. The molecule has 1 aliphatic rings. The van der Waals surface area contributed by atoms with Gasteiger partial charge in [-0.25, -0.2) is 0 Å². The molecule has 132 valence electrons. The van der Waals surface area contributed by atoms with Crippen molar-refractivity contribution >= 4 is 23.6 Å². The average Bonchev–Trinajstić information content (AvgIpc) is 2.57. The van der Waals surface area contributed by atoms with Crippen molar-refractivity contribution < 1.29 is 14.3 Å². The number of nitrogens with one attached hydrogen (secondary N) is 1. The molecule has 0 heterocycles. The number of hydrogen-bond donors (Lipinski definition) is 1. The highest BCUT2D eigenvalue weighted by atomic mass is 32.2. The summed E-state index contributed by atoms with van der Waals surface area (Å²) in [4.78, 5) is 24.8. The first-order valence-electron chi connectivity index (χ1n) is 8.69. The summed E-state index contributed by atoms with van der Waals surface area (Å²) in [7, 11) is 0. The van der Waals surface area contributed by atoms with Crippen molar-refractivity contribution in [1.29, 1.82) is 0 Å². The van der Waals surface area contributed by atoms with E-state index in [2.05, 4.69) is 24.4 Å². The molecule has 5 heteroatoms. The number of aryl methyl sites for hydroxylation is 1. The number of thioether (sulfide) groups is 1. The third kappa shape index (κ3) is 6.56. The van der Waals surface area contributed by atoms with E-state index in [1.807, 2.05) is 19.1 Å². The van der Waals surface area contributed by atoms with E-state index >= 15 is 0 Å². The predicted molar refractivity (Wildman–Crippen MR) is 97.0 cm³/mol. The molecule has 0 unspecified atom stereocenters. The molecule has 0 spiro atoms. The summed E-state index contributed by atoms with van der Waals surface area (Å²) in [5.74, 6) is 0.655. The lowest BCUT2D eigenvalue weighted by Gasteiger charge is -2.29. The number of hydrogen-bond acceptors (Lipinski definition) is 4. The Morgan fingerprint density at radius 1 is 1.21 bits per heavy atom. The quantitative estimate of drug-likeness (QED) is 0.602. The summed E-state index contributed by atoms with van der Waals surface area (Å²) < 4.78 is 5.07. The summed E-state index contributed by atoms with van der Waals surface area (Å²) in [5, 5.41) is 2.99. The Morgan fingerprint density at radius 2 is 1.92 bits per heavy atom. The van der Waals surface area contributed by atoms with E-state index in [4.69, 9.17) is 4.74 Å². The molecule has 4 nitrogen and oxygen atoms in total. The van der Waals surface area contributed by atoms with Crippen LogP contribution in [0.3, 0.4) is 0 Å². The molecule has 2 atom stereocenters. The fourth-order valence-electron chi connectivity index (χ4n) is 2.88. The van der Waals surface area contributed by atoms with Crippen LogP contribution in [0.2, 0.25) is 0 Å². The fourth-order valence-corrected chi connectivity index (χ4v) is 3.72. The normalized spacial score (nSPS) is 20.4. The second kappa shape index (κ2) is 9.72. The molecule has 0 bridgehead atoms. The summed E-state index contributed by atoms with van der Waals surface area (Å²) >= 11 is 1.62. The van der Waals surface area contributed by atoms with Crippen LogP contribution in [0.1, 0.15) is 44.6 Å². The van der Waals surface area contributed by atoms with E-state index in [-0.39, 0.29) is 24.5 Å². The van der Waals surface area contributed by atoms with Crippen LogP contribution in [-0.4, -0.2) is 30.3 Å². The highest BCUT2D eigenvalue weighted by Gasteiger charge is 2.23. The molecule has 0 saturated heterocycles. The largest absolute Gasteiger partial charge is 0.456 e. The molecule has 1 amide bonds. The standard InChI is InChI=1S/C19H27NO3S/c1-14-7-9-16(10-8-14)24-12-11-19(22)23-13-18(21)20-17-6-4-3-5-15(17)2/h7-10,15,17H,3-6,11-13H2,1-2H3,(H,20,21)/t15-,17+/m0/s1.